The smallest absolute Gasteiger partial charge is 0.338 e. The van der Waals surface area contributed by atoms with Gasteiger partial charge in [-0.2, -0.15) is 10.1 Å². The minimum Gasteiger partial charge on any atom is -0.492 e. The summed E-state index contributed by atoms with van der Waals surface area (Å²) in [4.78, 5) is 37.5. The molecule has 0 saturated carbocycles. The lowest BCUT2D eigenvalue weighted by Gasteiger charge is -2.20. The topological polar surface area (TPSA) is 131 Å². The zero-order chi connectivity index (χ0) is 24.8. The van der Waals surface area contributed by atoms with Crippen molar-refractivity contribution in [2.24, 2.45) is 0 Å². The monoisotopic (exact) mass is 479 g/mol. The maximum Gasteiger partial charge on any atom is 0.338 e. The van der Waals surface area contributed by atoms with E-state index in [1.165, 1.54) is 17.1 Å². The highest BCUT2D eigenvalue weighted by atomic mass is 16.5. The van der Waals surface area contributed by atoms with Crippen molar-refractivity contribution >= 4 is 17.1 Å². The van der Waals surface area contributed by atoms with Crippen LogP contribution >= 0.6 is 0 Å². The van der Waals surface area contributed by atoms with Crippen molar-refractivity contribution in [3.05, 3.63) is 64.5 Å². The molecule has 3 aromatic heterocycles. The van der Waals surface area contributed by atoms with Crippen molar-refractivity contribution in [3.63, 3.8) is 0 Å². The van der Waals surface area contributed by atoms with Crippen LogP contribution in [-0.2, 0) is 6.54 Å². The van der Waals surface area contributed by atoms with E-state index in [9.17, 15) is 9.59 Å². The highest BCUT2D eigenvalue weighted by molar-refractivity contribution is 5.86. The number of aromatic carboxylic acids is 1. The number of imidazole rings is 1. The molecule has 0 aliphatic rings. The second-order valence-electron chi connectivity index (χ2n) is 8.25. The number of aromatic nitrogens is 6. The molecule has 184 valence electrons. The molecular formula is C24H29N7O4. The van der Waals surface area contributed by atoms with Gasteiger partial charge in [0.25, 0.3) is 5.56 Å². The third kappa shape index (κ3) is 5.75. The van der Waals surface area contributed by atoms with Gasteiger partial charge in [0, 0.05) is 19.3 Å². The van der Waals surface area contributed by atoms with Crippen molar-refractivity contribution in [2.75, 3.05) is 26.2 Å². The quantitative estimate of drug-likeness (QED) is 0.317. The summed E-state index contributed by atoms with van der Waals surface area (Å²) in [6.07, 6.45) is 6.28. The molecule has 0 fully saturated rings. The maximum absolute atomic E-state index is 12.8. The lowest BCUT2D eigenvalue weighted by molar-refractivity contribution is 0.0697. The minimum absolute atomic E-state index is 0.00931. The molecule has 4 aromatic rings. The Morgan fingerprint density at radius 2 is 1.89 bits per heavy atom. The van der Waals surface area contributed by atoms with Crippen LogP contribution in [0.15, 0.2) is 47.8 Å². The van der Waals surface area contributed by atoms with Gasteiger partial charge in [0.1, 0.15) is 12.4 Å². The van der Waals surface area contributed by atoms with Gasteiger partial charge in [-0.25, -0.2) is 14.5 Å². The Balaban J connectivity index is 1.43. The van der Waals surface area contributed by atoms with Gasteiger partial charge in [0.15, 0.2) is 11.2 Å². The average molecular weight is 480 g/mol. The molecule has 3 heterocycles. The fraction of sp³-hybridized carbons (Fsp3) is 0.375. The number of aromatic amines is 1. The van der Waals surface area contributed by atoms with E-state index >= 15 is 0 Å². The number of nitrogens with one attached hydrogen (secondary N) is 1. The van der Waals surface area contributed by atoms with E-state index in [4.69, 9.17) is 9.84 Å². The standard InChI is InChI=1S/C24H29N7O4/c1-3-9-29(10-4-2)11-12-35-19-7-5-17(6-8-19)14-30-16-25-21-20(30)22(32)28-24(27-21)31-15-18(13-26-31)23(33)34/h5-8,13,15-16H,3-4,9-12,14H2,1-2H3,(H,33,34)(H,27,28,32). The number of nitrogens with zero attached hydrogens (tertiary/aromatic N) is 6. The summed E-state index contributed by atoms with van der Waals surface area (Å²) in [5.41, 5.74) is 1.16. The first-order valence-corrected chi connectivity index (χ1v) is 11.7. The van der Waals surface area contributed by atoms with Gasteiger partial charge < -0.3 is 14.4 Å². The lowest BCUT2D eigenvalue weighted by Crippen LogP contribution is -2.30. The number of carboxylic acid groups (broad SMARTS) is 1. The van der Waals surface area contributed by atoms with Gasteiger partial charge in [-0.15, -0.1) is 0 Å². The van der Waals surface area contributed by atoms with Gasteiger partial charge in [-0.05, 0) is 43.6 Å². The Kier molecular flexibility index (Phi) is 7.56. The van der Waals surface area contributed by atoms with Crippen LogP contribution in [0.2, 0.25) is 0 Å². The zero-order valence-corrected chi connectivity index (χ0v) is 19.8. The first-order valence-electron chi connectivity index (χ1n) is 11.7. The Morgan fingerprint density at radius 1 is 1.14 bits per heavy atom. The molecule has 0 amide bonds. The summed E-state index contributed by atoms with van der Waals surface area (Å²) < 4.78 is 8.83. The predicted octanol–water partition coefficient (Wildman–Crippen LogP) is 2.55. The van der Waals surface area contributed by atoms with Gasteiger partial charge >= 0.3 is 5.97 Å². The molecule has 0 aliphatic carbocycles. The Morgan fingerprint density at radius 3 is 2.54 bits per heavy atom. The van der Waals surface area contributed by atoms with E-state index in [0.29, 0.717) is 18.7 Å². The molecule has 0 unspecified atom stereocenters. The summed E-state index contributed by atoms with van der Waals surface area (Å²) in [5.74, 6) is -0.213. The summed E-state index contributed by atoms with van der Waals surface area (Å²) in [6, 6.07) is 7.78. The first kappa shape index (κ1) is 24.1. The number of benzene rings is 1. The first-order chi connectivity index (χ1) is 17.0. The number of rotatable bonds is 12. The van der Waals surface area contributed by atoms with E-state index in [-0.39, 0.29) is 17.2 Å². The second-order valence-corrected chi connectivity index (χ2v) is 8.25. The molecule has 0 atom stereocenters. The number of hydrogen-bond donors (Lipinski definition) is 2. The molecule has 0 bridgehead atoms. The van der Waals surface area contributed by atoms with E-state index < -0.39 is 11.5 Å². The molecule has 0 radical (unpaired) electrons. The van der Waals surface area contributed by atoms with E-state index in [1.807, 2.05) is 24.3 Å². The van der Waals surface area contributed by atoms with E-state index in [2.05, 4.69) is 38.8 Å². The molecule has 0 saturated heterocycles. The molecule has 0 aliphatic heterocycles. The van der Waals surface area contributed by atoms with Crippen molar-refractivity contribution in [1.82, 2.24) is 34.2 Å². The number of fused-ring (bicyclic) bond motifs is 1. The van der Waals surface area contributed by atoms with Crippen LogP contribution < -0.4 is 10.3 Å². The second kappa shape index (κ2) is 11.0. The van der Waals surface area contributed by atoms with Crippen molar-refractivity contribution in [1.29, 1.82) is 0 Å². The SMILES string of the molecule is CCCN(CCC)CCOc1ccc(Cn2cnc3nc(-n4cc(C(=O)O)cn4)[nH]c(=O)c32)cc1. The maximum atomic E-state index is 12.8. The van der Waals surface area contributed by atoms with Crippen molar-refractivity contribution < 1.29 is 14.6 Å². The molecule has 11 heteroatoms. The fourth-order valence-electron chi connectivity index (χ4n) is 3.90. The highest BCUT2D eigenvalue weighted by Gasteiger charge is 2.14. The van der Waals surface area contributed by atoms with Crippen LogP contribution in [0.1, 0.15) is 42.6 Å². The van der Waals surface area contributed by atoms with Crippen molar-refractivity contribution in [3.8, 4) is 11.7 Å². The zero-order valence-electron chi connectivity index (χ0n) is 19.8. The molecule has 11 nitrogen and oxygen atoms in total. The molecule has 1 aromatic carbocycles. The van der Waals surface area contributed by atoms with Crippen molar-refractivity contribution in [2.45, 2.75) is 33.2 Å². The highest BCUT2D eigenvalue weighted by Crippen LogP contribution is 2.15. The van der Waals surface area contributed by atoms with Crippen LogP contribution in [0.5, 0.6) is 5.75 Å². The summed E-state index contributed by atoms with van der Waals surface area (Å²) in [5, 5.41) is 13.0. The molecular weight excluding hydrogens is 450 g/mol. The number of carboxylic acids is 1. The fourth-order valence-corrected chi connectivity index (χ4v) is 3.90. The third-order valence-corrected chi connectivity index (χ3v) is 5.55. The number of ether oxygens (including phenoxy) is 1. The van der Waals surface area contributed by atoms with E-state index in [0.717, 1.165) is 43.8 Å². The van der Waals surface area contributed by atoms with Crippen LogP contribution in [0, 0.1) is 0 Å². The Bertz CT molecular complexity index is 1330. The molecule has 0 spiro atoms. The Hall–Kier alpha value is -3.99. The summed E-state index contributed by atoms with van der Waals surface area (Å²) >= 11 is 0. The van der Waals surface area contributed by atoms with Gasteiger partial charge in [0.2, 0.25) is 5.95 Å². The minimum atomic E-state index is -1.12. The largest absolute Gasteiger partial charge is 0.492 e. The Labute approximate surface area is 202 Å². The normalized spacial score (nSPS) is 11.4. The number of carbonyl (C=O) groups is 1. The summed E-state index contributed by atoms with van der Waals surface area (Å²) in [7, 11) is 0. The lowest BCUT2D eigenvalue weighted by atomic mass is 10.2. The van der Waals surface area contributed by atoms with Crippen LogP contribution in [0.25, 0.3) is 17.1 Å². The van der Waals surface area contributed by atoms with E-state index in [1.54, 1.807) is 10.9 Å². The van der Waals surface area contributed by atoms with Gasteiger partial charge in [-0.3, -0.25) is 14.7 Å². The van der Waals surface area contributed by atoms with Gasteiger partial charge in [-0.1, -0.05) is 26.0 Å². The van der Waals surface area contributed by atoms with Gasteiger partial charge in [0.05, 0.1) is 18.1 Å². The van der Waals surface area contributed by atoms with Crippen LogP contribution in [0.4, 0.5) is 0 Å². The molecule has 4 rings (SSSR count). The predicted molar refractivity (Wildman–Crippen MR) is 130 cm³/mol. The number of H-pyrrole nitrogens is 1. The number of hydrogen-bond acceptors (Lipinski definition) is 7. The summed E-state index contributed by atoms with van der Waals surface area (Å²) in [6.45, 7) is 8.51. The van der Waals surface area contributed by atoms with Crippen LogP contribution in [-0.4, -0.2) is 71.5 Å². The van der Waals surface area contributed by atoms with Crippen LogP contribution in [0.3, 0.4) is 0 Å². The average Bonchev–Trinajstić information content (AvgIpc) is 3.49. The molecule has 2 N–H and O–H groups in total. The third-order valence-electron chi connectivity index (χ3n) is 5.55. The molecule has 35 heavy (non-hydrogen) atoms.